The first-order valence-corrected chi connectivity index (χ1v) is 6.49. The van der Waals surface area contributed by atoms with Gasteiger partial charge in [-0.05, 0) is 12.6 Å². The highest BCUT2D eigenvalue weighted by Gasteiger charge is 2.34. The average molecular weight is 279 g/mol. The van der Waals surface area contributed by atoms with Gasteiger partial charge in [0.1, 0.15) is 5.69 Å². The van der Waals surface area contributed by atoms with Crippen LogP contribution >= 0.6 is 0 Å². The number of anilines is 1. The van der Waals surface area contributed by atoms with Gasteiger partial charge in [0.15, 0.2) is 0 Å². The van der Waals surface area contributed by atoms with E-state index in [1.165, 1.54) is 12.1 Å². The van der Waals surface area contributed by atoms with Crippen LogP contribution in [0.25, 0.3) is 0 Å². The number of carbonyl (C=O) groups is 1. The number of nitro benzene ring substituents is 1. The predicted molar refractivity (Wildman–Crippen MR) is 73.5 cm³/mol. The second-order valence-corrected chi connectivity index (χ2v) is 4.57. The Kier molecular flexibility index (Phi) is 4.65. The van der Waals surface area contributed by atoms with Crippen LogP contribution in [0.5, 0.6) is 0 Å². The summed E-state index contributed by atoms with van der Waals surface area (Å²) in [7, 11) is 0. The Hall–Kier alpha value is -1.99. The molecule has 1 aliphatic rings. The van der Waals surface area contributed by atoms with Crippen LogP contribution in [-0.4, -0.2) is 36.6 Å². The minimum atomic E-state index is -0.511. The molecule has 2 rings (SSSR count). The Labute approximate surface area is 116 Å². The molecule has 1 fully saturated rings. The number of rotatable bonds is 5. The van der Waals surface area contributed by atoms with Crippen LogP contribution in [0.2, 0.25) is 0 Å². The van der Waals surface area contributed by atoms with Crippen molar-refractivity contribution < 1.29 is 14.5 Å². The zero-order valence-electron chi connectivity index (χ0n) is 11.2. The van der Waals surface area contributed by atoms with Gasteiger partial charge in [0, 0.05) is 12.1 Å². The molecule has 0 bridgehead atoms. The number of para-hydroxylation sites is 2. The topological polar surface area (TPSA) is 93.5 Å². The van der Waals surface area contributed by atoms with E-state index in [9.17, 15) is 14.9 Å². The van der Waals surface area contributed by atoms with Crippen molar-refractivity contribution in [2.75, 3.05) is 25.1 Å². The van der Waals surface area contributed by atoms with E-state index in [-0.39, 0.29) is 29.2 Å². The first kappa shape index (κ1) is 14.4. The molecule has 1 saturated heterocycles. The van der Waals surface area contributed by atoms with Crippen molar-refractivity contribution in [2.45, 2.75) is 13.0 Å². The zero-order valence-corrected chi connectivity index (χ0v) is 11.2. The molecule has 1 amide bonds. The van der Waals surface area contributed by atoms with Crippen LogP contribution in [0.15, 0.2) is 24.3 Å². The maximum atomic E-state index is 12.2. The standard InChI is InChI=1S/C13H17N3O4/c1-2-14-11-8-20-7-9(11)13(17)15-10-5-3-4-6-12(10)16(18)19/h3-6,9,11,14H,2,7-8H2,1H3,(H,15,17). The molecule has 20 heavy (non-hydrogen) atoms. The molecule has 7 nitrogen and oxygen atoms in total. The van der Waals surface area contributed by atoms with Crippen molar-refractivity contribution in [3.05, 3.63) is 34.4 Å². The van der Waals surface area contributed by atoms with E-state index in [1.807, 2.05) is 6.92 Å². The fourth-order valence-electron chi connectivity index (χ4n) is 2.24. The molecule has 7 heteroatoms. The fourth-order valence-corrected chi connectivity index (χ4v) is 2.24. The van der Waals surface area contributed by atoms with Gasteiger partial charge in [-0.2, -0.15) is 0 Å². The van der Waals surface area contributed by atoms with Crippen LogP contribution in [-0.2, 0) is 9.53 Å². The Balaban J connectivity index is 2.10. The van der Waals surface area contributed by atoms with E-state index >= 15 is 0 Å². The summed E-state index contributed by atoms with van der Waals surface area (Å²) in [6, 6.07) is 6.04. The highest BCUT2D eigenvalue weighted by molar-refractivity contribution is 5.95. The van der Waals surface area contributed by atoms with Crippen molar-refractivity contribution in [3.63, 3.8) is 0 Å². The summed E-state index contributed by atoms with van der Waals surface area (Å²) >= 11 is 0. The van der Waals surface area contributed by atoms with Crippen LogP contribution in [0.4, 0.5) is 11.4 Å². The number of likely N-dealkylation sites (N-methyl/N-ethyl adjacent to an activating group) is 1. The number of benzene rings is 1. The number of amides is 1. The Bertz CT molecular complexity index is 506. The van der Waals surface area contributed by atoms with Gasteiger partial charge < -0.3 is 15.4 Å². The van der Waals surface area contributed by atoms with Gasteiger partial charge >= 0.3 is 0 Å². The van der Waals surface area contributed by atoms with Crippen molar-refractivity contribution in [1.82, 2.24) is 5.32 Å². The Morgan fingerprint density at radius 2 is 2.20 bits per heavy atom. The van der Waals surface area contributed by atoms with Gasteiger partial charge in [-0.3, -0.25) is 14.9 Å². The average Bonchev–Trinajstić information content (AvgIpc) is 2.88. The van der Waals surface area contributed by atoms with E-state index in [2.05, 4.69) is 10.6 Å². The van der Waals surface area contributed by atoms with Gasteiger partial charge in [-0.1, -0.05) is 19.1 Å². The number of hydrogen-bond donors (Lipinski definition) is 2. The van der Waals surface area contributed by atoms with E-state index in [4.69, 9.17) is 4.74 Å². The number of nitrogens with zero attached hydrogens (tertiary/aromatic N) is 1. The first-order chi connectivity index (χ1) is 9.63. The Morgan fingerprint density at radius 1 is 1.45 bits per heavy atom. The van der Waals surface area contributed by atoms with Crippen molar-refractivity contribution >= 4 is 17.3 Å². The van der Waals surface area contributed by atoms with Gasteiger partial charge in [-0.25, -0.2) is 0 Å². The summed E-state index contributed by atoms with van der Waals surface area (Å²) in [6.45, 7) is 3.49. The van der Waals surface area contributed by atoms with E-state index < -0.39 is 4.92 Å². The summed E-state index contributed by atoms with van der Waals surface area (Å²) in [6.07, 6.45) is 0. The zero-order chi connectivity index (χ0) is 14.5. The number of nitrogens with one attached hydrogen (secondary N) is 2. The molecule has 0 aromatic heterocycles. The molecule has 1 aliphatic heterocycles. The number of ether oxygens (including phenoxy) is 1. The lowest BCUT2D eigenvalue weighted by molar-refractivity contribution is -0.383. The van der Waals surface area contributed by atoms with Crippen LogP contribution in [0.3, 0.4) is 0 Å². The summed E-state index contributed by atoms with van der Waals surface area (Å²) in [5.74, 6) is -0.600. The number of hydrogen-bond acceptors (Lipinski definition) is 5. The molecule has 2 N–H and O–H groups in total. The molecular formula is C13H17N3O4. The number of nitro groups is 1. The summed E-state index contributed by atoms with van der Waals surface area (Å²) < 4.78 is 5.30. The third kappa shape index (κ3) is 3.12. The molecular weight excluding hydrogens is 262 g/mol. The minimum absolute atomic E-state index is 0.0530. The summed E-state index contributed by atoms with van der Waals surface area (Å²) in [4.78, 5) is 22.6. The normalized spacial score (nSPS) is 21.6. The molecule has 0 aliphatic carbocycles. The lowest BCUT2D eigenvalue weighted by Gasteiger charge is -2.17. The lowest BCUT2D eigenvalue weighted by atomic mass is 10.0. The van der Waals surface area contributed by atoms with E-state index in [0.717, 1.165) is 6.54 Å². The maximum absolute atomic E-state index is 12.2. The lowest BCUT2D eigenvalue weighted by Crippen LogP contribution is -2.41. The molecule has 2 unspecified atom stereocenters. The van der Waals surface area contributed by atoms with Gasteiger partial charge in [0.25, 0.3) is 5.69 Å². The molecule has 108 valence electrons. The van der Waals surface area contributed by atoms with Crippen molar-refractivity contribution in [1.29, 1.82) is 0 Å². The largest absolute Gasteiger partial charge is 0.379 e. The van der Waals surface area contributed by atoms with E-state index in [1.54, 1.807) is 12.1 Å². The SMILES string of the molecule is CCNC1COCC1C(=O)Nc1ccccc1[N+](=O)[O-]. The summed E-state index contributed by atoms with van der Waals surface area (Å²) in [5, 5.41) is 16.7. The Morgan fingerprint density at radius 3 is 2.90 bits per heavy atom. The van der Waals surface area contributed by atoms with Crippen LogP contribution < -0.4 is 10.6 Å². The molecule has 0 spiro atoms. The fraction of sp³-hybridized carbons (Fsp3) is 0.462. The third-order valence-electron chi connectivity index (χ3n) is 3.24. The monoisotopic (exact) mass is 279 g/mol. The summed E-state index contributed by atoms with van der Waals surface area (Å²) in [5.41, 5.74) is 0.101. The maximum Gasteiger partial charge on any atom is 0.292 e. The first-order valence-electron chi connectivity index (χ1n) is 6.49. The second-order valence-electron chi connectivity index (χ2n) is 4.57. The van der Waals surface area contributed by atoms with Crippen molar-refractivity contribution in [2.24, 2.45) is 5.92 Å². The van der Waals surface area contributed by atoms with Gasteiger partial charge in [0.05, 0.1) is 24.1 Å². The van der Waals surface area contributed by atoms with E-state index in [0.29, 0.717) is 13.2 Å². The number of carbonyl (C=O) groups excluding carboxylic acids is 1. The van der Waals surface area contributed by atoms with Gasteiger partial charge in [0.2, 0.25) is 5.91 Å². The highest BCUT2D eigenvalue weighted by Crippen LogP contribution is 2.25. The van der Waals surface area contributed by atoms with Crippen molar-refractivity contribution in [3.8, 4) is 0 Å². The van der Waals surface area contributed by atoms with Crippen LogP contribution in [0.1, 0.15) is 6.92 Å². The second kappa shape index (κ2) is 6.44. The highest BCUT2D eigenvalue weighted by atomic mass is 16.6. The molecule has 0 radical (unpaired) electrons. The molecule has 1 aromatic carbocycles. The quantitative estimate of drug-likeness (QED) is 0.623. The minimum Gasteiger partial charge on any atom is -0.379 e. The molecule has 0 saturated carbocycles. The van der Waals surface area contributed by atoms with Crippen LogP contribution in [0, 0.1) is 16.0 Å². The smallest absolute Gasteiger partial charge is 0.292 e. The molecule has 2 atom stereocenters. The molecule has 1 aromatic rings. The van der Waals surface area contributed by atoms with Gasteiger partial charge in [-0.15, -0.1) is 0 Å². The predicted octanol–water partition coefficient (Wildman–Crippen LogP) is 1.16. The molecule has 1 heterocycles. The third-order valence-corrected chi connectivity index (χ3v) is 3.24.